The van der Waals surface area contributed by atoms with E-state index in [1.807, 2.05) is 30.3 Å². The van der Waals surface area contributed by atoms with Crippen LogP contribution in [0.1, 0.15) is 17.0 Å². The van der Waals surface area contributed by atoms with Crippen molar-refractivity contribution < 1.29 is 5.11 Å². The first-order valence-electron chi connectivity index (χ1n) is 5.82. The Hall–Kier alpha value is -1.80. The quantitative estimate of drug-likeness (QED) is 0.843. The molecular formula is C15H17NO. The molecule has 2 aromatic rings. The van der Waals surface area contributed by atoms with Crippen molar-refractivity contribution in [2.75, 3.05) is 6.54 Å². The molecule has 0 aliphatic rings. The lowest BCUT2D eigenvalue weighted by molar-refractivity contribution is 0.475. The molecule has 0 aliphatic heterocycles. The van der Waals surface area contributed by atoms with Gasteiger partial charge in [0.1, 0.15) is 5.75 Å². The zero-order valence-electron chi connectivity index (χ0n) is 9.71. The molecule has 0 amide bonds. The van der Waals surface area contributed by atoms with Crippen LogP contribution in [0, 0.1) is 0 Å². The molecule has 2 aromatic carbocycles. The average molecular weight is 227 g/mol. The molecule has 0 heterocycles. The van der Waals surface area contributed by atoms with Gasteiger partial charge in [0.25, 0.3) is 0 Å². The van der Waals surface area contributed by atoms with Crippen LogP contribution in [0.15, 0.2) is 54.6 Å². The minimum absolute atomic E-state index is 0.303. The van der Waals surface area contributed by atoms with E-state index in [1.54, 1.807) is 12.1 Å². The van der Waals surface area contributed by atoms with Gasteiger partial charge in [0.15, 0.2) is 0 Å². The molecular weight excluding hydrogens is 210 g/mol. The minimum Gasteiger partial charge on any atom is -0.508 e. The second kappa shape index (κ2) is 5.51. The van der Waals surface area contributed by atoms with Gasteiger partial charge >= 0.3 is 0 Å². The molecule has 0 saturated heterocycles. The maximum absolute atomic E-state index is 9.24. The molecule has 17 heavy (non-hydrogen) atoms. The van der Waals surface area contributed by atoms with Crippen LogP contribution < -0.4 is 5.73 Å². The minimum atomic E-state index is 0.303. The Morgan fingerprint density at radius 1 is 0.941 bits per heavy atom. The van der Waals surface area contributed by atoms with Crippen molar-refractivity contribution in [1.29, 1.82) is 0 Å². The zero-order valence-corrected chi connectivity index (χ0v) is 9.71. The predicted molar refractivity (Wildman–Crippen MR) is 70.0 cm³/mol. The monoisotopic (exact) mass is 227 g/mol. The van der Waals surface area contributed by atoms with E-state index in [9.17, 15) is 5.11 Å². The fourth-order valence-corrected chi connectivity index (χ4v) is 1.98. The summed E-state index contributed by atoms with van der Waals surface area (Å²) in [5.74, 6) is 0.638. The van der Waals surface area contributed by atoms with E-state index in [-0.39, 0.29) is 0 Å². The molecule has 1 unspecified atom stereocenters. The fraction of sp³-hybridized carbons (Fsp3) is 0.200. The van der Waals surface area contributed by atoms with Gasteiger partial charge in [-0.3, -0.25) is 0 Å². The van der Waals surface area contributed by atoms with E-state index in [1.165, 1.54) is 11.1 Å². The lowest BCUT2D eigenvalue weighted by Crippen LogP contribution is -2.14. The number of phenols is 1. The third-order valence-corrected chi connectivity index (χ3v) is 2.97. The lowest BCUT2D eigenvalue weighted by atomic mass is 9.92. The van der Waals surface area contributed by atoms with Crippen LogP contribution in [0.2, 0.25) is 0 Å². The Morgan fingerprint density at radius 3 is 2.18 bits per heavy atom. The van der Waals surface area contributed by atoms with Gasteiger partial charge in [-0.2, -0.15) is 0 Å². The second-order valence-electron chi connectivity index (χ2n) is 4.21. The zero-order chi connectivity index (χ0) is 12.1. The van der Waals surface area contributed by atoms with Gasteiger partial charge in [-0.1, -0.05) is 42.5 Å². The van der Waals surface area contributed by atoms with Gasteiger partial charge in [0, 0.05) is 5.92 Å². The second-order valence-corrected chi connectivity index (χ2v) is 4.21. The van der Waals surface area contributed by atoms with Crippen molar-refractivity contribution in [2.24, 2.45) is 5.73 Å². The van der Waals surface area contributed by atoms with Crippen molar-refractivity contribution in [1.82, 2.24) is 0 Å². The summed E-state index contributed by atoms with van der Waals surface area (Å²) in [5.41, 5.74) is 8.30. The summed E-state index contributed by atoms with van der Waals surface area (Å²) >= 11 is 0. The summed E-state index contributed by atoms with van der Waals surface area (Å²) in [6.07, 6.45) is 0.904. The molecule has 0 aromatic heterocycles. The van der Waals surface area contributed by atoms with Crippen LogP contribution >= 0.6 is 0 Å². The Kier molecular flexibility index (Phi) is 3.78. The van der Waals surface area contributed by atoms with E-state index in [2.05, 4.69) is 12.1 Å². The number of rotatable bonds is 4. The van der Waals surface area contributed by atoms with E-state index in [0.29, 0.717) is 18.2 Å². The fourth-order valence-electron chi connectivity index (χ4n) is 1.98. The summed E-state index contributed by atoms with van der Waals surface area (Å²) in [5, 5.41) is 9.24. The van der Waals surface area contributed by atoms with Gasteiger partial charge in [0.05, 0.1) is 0 Å². The van der Waals surface area contributed by atoms with Crippen LogP contribution in [0.3, 0.4) is 0 Å². The van der Waals surface area contributed by atoms with E-state index < -0.39 is 0 Å². The van der Waals surface area contributed by atoms with Crippen LogP contribution in [0.4, 0.5) is 0 Å². The number of aromatic hydroxyl groups is 1. The standard InChI is InChI=1S/C15H17NO/c16-11-14(13-4-2-1-3-5-13)10-12-6-8-15(17)9-7-12/h1-9,14,17H,10-11,16H2. The Morgan fingerprint density at radius 2 is 1.59 bits per heavy atom. The van der Waals surface area contributed by atoms with Crippen molar-refractivity contribution in [3.8, 4) is 5.75 Å². The molecule has 88 valence electrons. The topological polar surface area (TPSA) is 46.2 Å². The van der Waals surface area contributed by atoms with Gasteiger partial charge in [0.2, 0.25) is 0 Å². The van der Waals surface area contributed by atoms with E-state index in [0.717, 1.165) is 6.42 Å². The van der Waals surface area contributed by atoms with Crippen LogP contribution in [0.5, 0.6) is 5.75 Å². The molecule has 0 aliphatic carbocycles. The molecule has 2 rings (SSSR count). The molecule has 2 heteroatoms. The maximum Gasteiger partial charge on any atom is 0.115 e. The summed E-state index contributed by atoms with van der Waals surface area (Å²) in [7, 11) is 0. The molecule has 0 spiro atoms. The number of hydrogen-bond acceptors (Lipinski definition) is 2. The maximum atomic E-state index is 9.24. The van der Waals surface area contributed by atoms with Crippen molar-refractivity contribution in [3.05, 3.63) is 65.7 Å². The first-order valence-corrected chi connectivity index (χ1v) is 5.82. The van der Waals surface area contributed by atoms with Crippen LogP contribution in [-0.2, 0) is 6.42 Å². The van der Waals surface area contributed by atoms with Crippen molar-refractivity contribution >= 4 is 0 Å². The van der Waals surface area contributed by atoms with Gasteiger partial charge in [-0.15, -0.1) is 0 Å². The highest BCUT2D eigenvalue weighted by molar-refractivity contribution is 5.29. The Bertz CT molecular complexity index is 450. The van der Waals surface area contributed by atoms with Crippen molar-refractivity contribution in [2.45, 2.75) is 12.3 Å². The Balaban J connectivity index is 2.13. The number of benzene rings is 2. The number of phenolic OH excluding ortho intramolecular Hbond substituents is 1. The average Bonchev–Trinajstić information content (AvgIpc) is 2.39. The van der Waals surface area contributed by atoms with Crippen molar-refractivity contribution in [3.63, 3.8) is 0 Å². The molecule has 0 radical (unpaired) electrons. The number of nitrogens with two attached hydrogens (primary N) is 1. The largest absolute Gasteiger partial charge is 0.508 e. The summed E-state index contributed by atoms with van der Waals surface area (Å²) in [6, 6.07) is 17.6. The highest BCUT2D eigenvalue weighted by atomic mass is 16.3. The van der Waals surface area contributed by atoms with Gasteiger partial charge < -0.3 is 10.8 Å². The summed E-state index contributed by atoms with van der Waals surface area (Å²) < 4.78 is 0. The van der Waals surface area contributed by atoms with E-state index in [4.69, 9.17) is 5.73 Å². The normalized spacial score (nSPS) is 12.3. The summed E-state index contributed by atoms with van der Waals surface area (Å²) in [6.45, 7) is 0.630. The summed E-state index contributed by atoms with van der Waals surface area (Å²) in [4.78, 5) is 0. The predicted octanol–water partition coefficient (Wildman–Crippen LogP) is 2.68. The van der Waals surface area contributed by atoms with Gasteiger partial charge in [-0.25, -0.2) is 0 Å². The Labute approximate surface area is 102 Å². The highest BCUT2D eigenvalue weighted by Gasteiger charge is 2.09. The SMILES string of the molecule is NCC(Cc1ccc(O)cc1)c1ccccc1. The number of hydrogen-bond donors (Lipinski definition) is 2. The molecule has 2 nitrogen and oxygen atoms in total. The van der Waals surface area contributed by atoms with E-state index >= 15 is 0 Å². The van der Waals surface area contributed by atoms with Crippen LogP contribution in [0.25, 0.3) is 0 Å². The third-order valence-electron chi connectivity index (χ3n) is 2.97. The first kappa shape index (κ1) is 11.7. The van der Waals surface area contributed by atoms with Gasteiger partial charge in [-0.05, 0) is 36.2 Å². The molecule has 0 fully saturated rings. The molecule has 0 bridgehead atoms. The lowest BCUT2D eigenvalue weighted by Gasteiger charge is -2.15. The molecule has 0 saturated carbocycles. The third kappa shape index (κ3) is 3.08. The molecule has 3 N–H and O–H groups in total. The van der Waals surface area contributed by atoms with Crippen LogP contribution in [-0.4, -0.2) is 11.7 Å². The molecule has 1 atom stereocenters. The smallest absolute Gasteiger partial charge is 0.115 e. The first-order chi connectivity index (χ1) is 8.29. The highest BCUT2D eigenvalue weighted by Crippen LogP contribution is 2.20.